The number of amides is 1. The molecule has 1 aromatic carbocycles. The topological polar surface area (TPSA) is 71.9 Å². The van der Waals surface area contributed by atoms with E-state index in [1.165, 1.54) is 0 Å². The fraction of sp³-hybridized carbons (Fsp3) is 0.417. The summed E-state index contributed by atoms with van der Waals surface area (Å²) in [6, 6.07) is 5.78. The van der Waals surface area contributed by atoms with Gasteiger partial charge in [-0.15, -0.1) is 0 Å². The molecule has 3 aliphatic rings. The lowest BCUT2D eigenvalue weighted by atomic mass is 9.93. The van der Waals surface area contributed by atoms with E-state index in [1.807, 2.05) is 56.0 Å². The average molecular weight is 406 g/mol. The molecule has 2 aromatic rings. The van der Waals surface area contributed by atoms with Crippen LogP contribution in [0.2, 0.25) is 0 Å². The van der Waals surface area contributed by atoms with Crippen molar-refractivity contribution in [2.24, 2.45) is 5.92 Å². The van der Waals surface area contributed by atoms with Crippen LogP contribution < -0.4 is 9.47 Å². The molecule has 6 heteroatoms. The van der Waals surface area contributed by atoms with Gasteiger partial charge in [-0.2, -0.15) is 0 Å². The standard InChI is InChI=1S/C24H26N2O4/c1-14-11-25-22-20(29-13-30-22)18(14)10-9-15-5-4-6-17-12-26(23(27)19(15)17)21(16-7-8-16)24(2,3)28/h4-6,9-11,16,21,28H,7-8,12-13H2,1-3H3/t21-/m1/s1. The number of hydrogen-bond acceptors (Lipinski definition) is 5. The number of aromatic nitrogens is 1. The van der Waals surface area contributed by atoms with Crippen LogP contribution in [0.3, 0.4) is 0 Å². The Morgan fingerprint density at radius 3 is 2.80 bits per heavy atom. The van der Waals surface area contributed by atoms with Crippen molar-refractivity contribution in [1.82, 2.24) is 9.88 Å². The number of hydrogen-bond donors (Lipinski definition) is 1. The van der Waals surface area contributed by atoms with Gasteiger partial charge in [0.2, 0.25) is 6.79 Å². The van der Waals surface area contributed by atoms with Crippen LogP contribution >= 0.6 is 0 Å². The second-order valence-corrected chi connectivity index (χ2v) is 8.98. The fourth-order valence-corrected chi connectivity index (χ4v) is 4.74. The van der Waals surface area contributed by atoms with Crippen molar-refractivity contribution >= 4 is 18.1 Å². The third kappa shape index (κ3) is 3.16. The highest BCUT2D eigenvalue weighted by Crippen LogP contribution is 2.43. The van der Waals surface area contributed by atoms with Crippen molar-refractivity contribution in [3.8, 4) is 11.6 Å². The lowest BCUT2D eigenvalue weighted by Crippen LogP contribution is -2.51. The molecular formula is C24H26N2O4. The molecule has 5 rings (SSSR count). The summed E-state index contributed by atoms with van der Waals surface area (Å²) in [6.45, 7) is 6.30. The Labute approximate surface area is 176 Å². The Kier molecular flexibility index (Phi) is 4.36. The predicted octanol–water partition coefficient (Wildman–Crippen LogP) is 3.79. The summed E-state index contributed by atoms with van der Waals surface area (Å²) in [5.74, 6) is 1.52. The van der Waals surface area contributed by atoms with E-state index in [1.54, 1.807) is 6.20 Å². The summed E-state index contributed by atoms with van der Waals surface area (Å²) in [5, 5.41) is 10.7. The first kappa shape index (κ1) is 19.1. The number of aryl methyl sites for hydroxylation is 1. The Morgan fingerprint density at radius 2 is 2.07 bits per heavy atom. The van der Waals surface area contributed by atoms with Crippen LogP contribution in [0.25, 0.3) is 12.2 Å². The quantitative estimate of drug-likeness (QED) is 0.818. The van der Waals surface area contributed by atoms with Crippen LogP contribution in [0.15, 0.2) is 24.4 Å². The molecule has 2 aliphatic heterocycles. The van der Waals surface area contributed by atoms with E-state index in [2.05, 4.69) is 4.98 Å². The third-order valence-corrected chi connectivity index (χ3v) is 6.19. The van der Waals surface area contributed by atoms with Crippen LogP contribution in [-0.4, -0.2) is 39.3 Å². The van der Waals surface area contributed by atoms with Gasteiger partial charge in [0.05, 0.1) is 17.2 Å². The number of carbonyl (C=O) groups excluding carboxylic acids is 1. The van der Waals surface area contributed by atoms with Crippen molar-refractivity contribution < 1.29 is 19.4 Å². The zero-order valence-electron chi connectivity index (χ0n) is 17.5. The molecule has 0 spiro atoms. The summed E-state index contributed by atoms with van der Waals surface area (Å²) < 4.78 is 11.0. The minimum Gasteiger partial charge on any atom is -0.451 e. The zero-order valence-corrected chi connectivity index (χ0v) is 17.5. The number of benzene rings is 1. The van der Waals surface area contributed by atoms with Gasteiger partial charge < -0.3 is 19.5 Å². The minimum absolute atomic E-state index is 0.000498. The maximum Gasteiger partial charge on any atom is 0.260 e. The number of rotatable bonds is 5. The van der Waals surface area contributed by atoms with E-state index in [4.69, 9.17) is 9.47 Å². The van der Waals surface area contributed by atoms with Gasteiger partial charge in [-0.3, -0.25) is 4.79 Å². The first-order valence-electron chi connectivity index (χ1n) is 10.4. The van der Waals surface area contributed by atoms with Gasteiger partial charge in [-0.25, -0.2) is 4.98 Å². The molecule has 1 aromatic heterocycles. The summed E-state index contributed by atoms with van der Waals surface area (Å²) >= 11 is 0. The maximum absolute atomic E-state index is 13.4. The molecule has 30 heavy (non-hydrogen) atoms. The van der Waals surface area contributed by atoms with Gasteiger partial charge >= 0.3 is 0 Å². The van der Waals surface area contributed by atoms with Crippen molar-refractivity contribution in [2.45, 2.75) is 51.8 Å². The first-order valence-corrected chi connectivity index (χ1v) is 10.4. The second-order valence-electron chi connectivity index (χ2n) is 8.98. The van der Waals surface area contributed by atoms with Crippen LogP contribution in [0.4, 0.5) is 0 Å². The number of fused-ring (bicyclic) bond motifs is 2. The maximum atomic E-state index is 13.4. The SMILES string of the molecule is Cc1cnc2c(c1C=Cc1cccc3c1C(=O)N([C@H](C1CC1)C(C)(C)O)C3)OCO2. The summed E-state index contributed by atoms with van der Waals surface area (Å²) in [5.41, 5.74) is 3.56. The highest BCUT2D eigenvalue weighted by atomic mass is 16.7. The Balaban J connectivity index is 1.49. The Bertz CT molecular complexity index is 1050. The number of pyridine rings is 1. The van der Waals surface area contributed by atoms with E-state index >= 15 is 0 Å². The molecule has 1 saturated carbocycles. The molecule has 0 unspecified atom stereocenters. The molecule has 1 aliphatic carbocycles. The normalized spacial score (nSPS) is 18.9. The Morgan fingerprint density at radius 1 is 1.27 bits per heavy atom. The van der Waals surface area contributed by atoms with Crippen LogP contribution in [0, 0.1) is 12.8 Å². The molecule has 1 amide bonds. The average Bonchev–Trinajstić information content (AvgIpc) is 3.29. The largest absolute Gasteiger partial charge is 0.451 e. The van der Waals surface area contributed by atoms with Gasteiger partial charge in [0, 0.05) is 18.3 Å². The molecule has 1 atom stereocenters. The minimum atomic E-state index is -0.930. The van der Waals surface area contributed by atoms with Crippen LogP contribution in [-0.2, 0) is 6.54 Å². The molecule has 0 bridgehead atoms. The van der Waals surface area contributed by atoms with E-state index in [-0.39, 0.29) is 18.7 Å². The third-order valence-electron chi connectivity index (χ3n) is 6.19. The molecule has 6 nitrogen and oxygen atoms in total. The summed E-state index contributed by atoms with van der Waals surface area (Å²) in [7, 11) is 0. The fourth-order valence-electron chi connectivity index (χ4n) is 4.74. The molecule has 3 heterocycles. The van der Waals surface area contributed by atoms with Gasteiger partial charge in [-0.05, 0) is 56.2 Å². The van der Waals surface area contributed by atoms with Gasteiger partial charge in [0.15, 0.2) is 5.75 Å². The number of nitrogens with zero attached hydrogens (tertiary/aromatic N) is 2. The van der Waals surface area contributed by atoms with Gasteiger partial charge in [0.1, 0.15) is 0 Å². The van der Waals surface area contributed by atoms with Crippen molar-refractivity contribution in [2.75, 3.05) is 6.79 Å². The predicted molar refractivity (Wildman–Crippen MR) is 113 cm³/mol. The van der Waals surface area contributed by atoms with E-state index < -0.39 is 5.60 Å². The van der Waals surface area contributed by atoms with E-state index in [9.17, 15) is 9.90 Å². The summed E-state index contributed by atoms with van der Waals surface area (Å²) in [4.78, 5) is 19.6. The number of aliphatic hydroxyl groups is 1. The van der Waals surface area contributed by atoms with Crippen LogP contribution in [0.1, 0.15) is 59.3 Å². The lowest BCUT2D eigenvalue weighted by molar-refractivity contribution is -0.0224. The van der Waals surface area contributed by atoms with Crippen molar-refractivity contribution in [1.29, 1.82) is 0 Å². The van der Waals surface area contributed by atoms with Gasteiger partial charge in [0.25, 0.3) is 11.8 Å². The monoisotopic (exact) mass is 406 g/mol. The molecular weight excluding hydrogens is 380 g/mol. The Hall–Kier alpha value is -2.86. The van der Waals surface area contributed by atoms with Crippen LogP contribution in [0.5, 0.6) is 11.6 Å². The highest BCUT2D eigenvalue weighted by Gasteiger charge is 2.48. The number of carbonyl (C=O) groups is 1. The number of ether oxygens (including phenoxy) is 2. The zero-order chi connectivity index (χ0) is 21.0. The molecule has 1 fully saturated rings. The van der Waals surface area contributed by atoms with Crippen molar-refractivity contribution in [3.63, 3.8) is 0 Å². The first-order chi connectivity index (χ1) is 14.3. The molecule has 0 radical (unpaired) electrons. The highest BCUT2D eigenvalue weighted by molar-refractivity contribution is 6.02. The second kappa shape index (κ2) is 6.84. The smallest absolute Gasteiger partial charge is 0.260 e. The lowest BCUT2D eigenvalue weighted by Gasteiger charge is -2.37. The van der Waals surface area contributed by atoms with E-state index in [0.717, 1.165) is 40.7 Å². The summed E-state index contributed by atoms with van der Waals surface area (Å²) in [6.07, 6.45) is 7.82. The molecule has 0 saturated heterocycles. The van der Waals surface area contributed by atoms with Gasteiger partial charge in [-0.1, -0.05) is 30.4 Å². The van der Waals surface area contributed by atoms with E-state index in [0.29, 0.717) is 24.1 Å². The molecule has 156 valence electrons. The molecule has 1 N–H and O–H groups in total. The van der Waals surface area contributed by atoms with Crippen molar-refractivity contribution in [3.05, 3.63) is 52.2 Å².